The molecule has 3 N–H and O–H groups in total. The molecule has 2 aromatic rings. The molecule has 0 saturated carbocycles. The number of amides is 1. The van der Waals surface area contributed by atoms with E-state index in [1.807, 2.05) is 30.0 Å². The van der Waals surface area contributed by atoms with Crippen molar-refractivity contribution in [2.24, 2.45) is 0 Å². The molecule has 4 nitrogen and oxygen atoms in total. The number of phenolic OH excluding ortho intramolecular Hbond substituents is 1. The monoisotopic (exact) mass is 282 g/mol. The van der Waals surface area contributed by atoms with Crippen molar-refractivity contribution >= 4 is 11.6 Å². The number of aryl methyl sites for hydroxylation is 1. The van der Waals surface area contributed by atoms with Gasteiger partial charge in [0, 0.05) is 24.3 Å². The van der Waals surface area contributed by atoms with Gasteiger partial charge in [0.25, 0.3) is 5.91 Å². The summed E-state index contributed by atoms with van der Waals surface area (Å²) in [4.78, 5) is 14.5. The summed E-state index contributed by atoms with van der Waals surface area (Å²) in [6.07, 6.45) is 0.783. The van der Waals surface area contributed by atoms with Crippen LogP contribution >= 0.6 is 0 Å². The third-order valence-electron chi connectivity index (χ3n) is 4.03. The van der Waals surface area contributed by atoms with Crippen LogP contribution in [-0.2, 0) is 13.0 Å². The standard InChI is InChI=1S/C17H18N2O2/c1-11-9-13(20)5-6-14(11)17(21)19-8-7-15-12(10-19)3-2-4-16(15)18/h2-6,9,20H,7-8,10,18H2,1H3. The van der Waals surface area contributed by atoms with Crippen LogP contribution < -0.4 is 5.73 Å². The van der Waals surface area contributed by atoms with E-state index in [1.54, 1.807) is 18.2 Å². The predicted octanol–water partition coefficient (Wildman–Crippen LogP) is 2.48. The number of carbonyl (C=O) groups is 1. The van der Waals surface area contributed by atoms with Gasteiger partial charge in [0.1, 0.15) is 5.75 Å². The highest BCUT2D eigenvalue weighted by molar-refractivity contribution is 5.96. The third kappa shape index (κ3) is 2.44. The predicted molar refractivity (Wildman–Crippen MR) is 82.1 cm³/mol. The number of nitrogens with two attached hydrogens (primary N) is 1. The lowest BCUT2D eigenvalue weighted by Crippen LogP contribution is -2.36. The molecule has 0 bridgehead atoms. The smallest absolute Gasteiger partial charge is 0.254 e. The molecule has 0 radical (unpaired) electrons. The van der Waals surface area contributed by atoms with Crippen LogP contribution in [0.25, 0.3) is 0 Å². The molecule has 4 heteroatoms. The van der Waals surface area contributed by atoms with Crippen LogP contribution in [0.3, 0.4) is 0 Å². The topological polar surface area (TPSA) is 66.6 Å². The van der Waals surface area contributed by atoms with Crippen molar-refractivity contribution in [2.75, 3.05) is 12.3 Å². The molecule has 1 heterocycles. The lowest BCUT2D eigenvalue weighted by molar-refractivity contribution is 0.0734. The van der Waals surface area contributed by atoms with Gasteiger partial charge >= 0.3 is 0 Å². The van der Waals surface area contributed by atoms with Crippen molar-refractivity contribution in [3.63, 3.8) is 0 Å². The van der Waals surface area contributed by atoms with Gasteiger partial charge in [-0.25, -0.2) is 0 Å². The maximum atomic E-state index is 12.6. The van der Waals surface area contributed by atoms with Crippen molar-refractivity contribution in [2.45, 2.75) is 19.9 Å². The average molecular weight is 282 g/mol. The molecular weight excluding hydrogens is 264 g/mol. The fourth-order valence-corrected chi connectivity index (χ4v) is 2.87. The van der Waals surface area contributed by atoms with E-state index in [-0.39, 0.29) is 11.7 Å². The second kappa shape index (κ2) is 5.13. The van der Waals surface area contributed by atoms with Gasteiger partial charge in [0.15, 0.2) is 0 Å². The van der Waals surface area contributed by atoms with Gasteiger partial charge < -0.3 is 15.7 Å². The van der Waals surface area contributed by atoms with Crippen molar-refractivity contribution in [1.29, 1.82) is 0 Å². The van der Waals surface area contributed by atoms with Crippen molar-refractivity contribution < 1.29 is 9.90 Å². The Labute approximate surface area is 123 Å². The van der Waals surface area contributed by atoms with E-state index in [4.69, 9.17) is 5.73 Å². The second-order valence-corrected chi connectivity index (χ2v) is 5.46. The number of phenols is 1. The number of nitrogens with zero attached hydrogens (tertiary/aromatic N) is 1. The van der Waals surface area contributed by atoms with Crippen LogP contribution in [-0.4, -0.2) is 22.5 Å². The van der Waals surface area contributed by atoms with Crippen molar-refractivity contribution in [1.82, 2.24) is 4.90 Å². The first-order valence-corrected chi connectivity index (χ1v) is 7.01. The first-order chi connectivity index (χ1) is 10.1. The molecule has 108 valence electrons. The zero-order valence-electron chi connectivity index (χ0n) is 12.0. The van der Waals surface area contributed by atoms with Crippen LogP contribution in [0, 0.1) is 6.92 Å². The Morgan fingerprint density at radius 2 is 2.10 bits per heavy atom. The average Bonchev–Trinajstić information content (AvgIpc) is 2.46. The Morgan fingerprint density at radius 3 is 2.86 bits per heavy atom. The molecule has 3 rings (SSSR count). The van der Waals surface area contributed by atoms with Crippen LogP contribution in [0.1, 0.15) is 27.0 Å². The quantitative estimate of drug-likeness (QED) is 0.790. The van der Waals surface area contributed by atoms with Gasteiger partial charge in [-0.1, -0.05) is 12.1 Å². The summed E-state index contributed by atoms with van der Waals surface area (Å²) >= 11 is 0. The third-order valence-corrected chi connectivity index (χ3v) is 4.03. The summed E-state index contributed by atoms with van der Waals surface area (Å²) in [7, 11) is 0. The Bertz CT molecular complexity index is 710. The normalized spacial score (nSPS) is 13.9. The van der Waals surface area contributed by atoms with Gasteiger partial charge in [-0.3, -0.25) is 4.79 Å². The van der Waals surface area contributed by atoms with E-state index in [9.17, 15) is 9.90 Å². The number of carbonyl (C=O) groups excluding carboxylic acids is 1. The number of hydrogen-bond acceptors (Lipinski definition) is 3. The molecule has 1 aliphatic rings. The molecule has 21 heavy (non-hydrogen) atoms. The molecule has 0 aromatic heterocycles. The highest BCUT2D eigenvalue weighted by atomic mass is 16.3. The molecule has 0 fully saturated rings. The highest BCUT2D eigenvalue weighted by Gasteiger charge is 2.23. The van der Waals surface area contributed by atoms with Gasteiger partial charge in [-0.2, -0.15) is 0 Å². The molecule has 0 atom stereocenters. The number of hydrogen-bond donors (Lipinski definition) is 2. The van der Waals surface area contributed by atoms with E-state index < -0.39 is 0 Å². The molecule has 0 saturated heterocycles. The minimum atomic E-state index is 0.000532. The number of benzene rings is 2. The maximum Gasteiger partial charge on any atom is 0.254 e. The largest absolute Gasteiger partial charge is 0.508 e. The lowest BCUT2D eigenvalue weighted by atomic mass is 9.97. The molecular formula is C17H18N2O2. The number of anilines is 1. The Hall–Kier alpha value is -2.49. The molecule has 1 aliphatic heterocycles. The Kier molecular flexibility index (Phi) is 3.29. The zero-order valence-corrected chi connectivity index (χ0v) is 12.0. The van der Waals surface area contributed by atoms with E-state index >= 15 is 0 Å². The second-order valence-electron chi connectivity index (χ2n) is 5.46. The van der Waals surface area contributed by atoms with Crippen LogP contribution in [0.2, 0.25) is 0 Å². The minimum Gasteiger partial charge on any atom is -0.508 e. The van der Waals surface area contributed by atoms with Gasteiger partial charge in [-0.05, 0) is 54.3 Å². The van der Waals surface area contributed by atoms with Crippen molar-refractivity contribution in [3.8, 4) is 5.75 Å². The Morgan fingerprint density at radius 1 is 1.29 bits per heavy atom. The van der Waals surface area contributed by atoms with E-state index in [1.165, 1.54) is 0 Å². The summed E-state index contributed by atoms with van der Waals surface area (Å²) in [5.74, 6) is 0.182. The fourth-order valence-electron chi connectivity index (χ4n) is 2.87. The van der Waals surface area contributed by atoms with Crippen LogP contribution in [0.4, 0.5) is 5.69 Å². The first-order valence-electron chi connectivity index (χ1n) is 7.01. The molecule has 0 aliphatic carbocycles. The van der Waals surface area contributed by atoms with Crippen LogP contribution in [0.5, 0.6) is 5.75 Å². The van der Waals surface area contributed by atoms with Gasteiger partial charge in [0.05, 0.1) is 0 Å². The maximum absolute atomic E-state index is 12.6. The van der Waals surface area contributed by atoms with Gasteiger partial charge in [0.2, 0.25) is 0 Å². The van der Waals surface area contributed by atoms with Gasteiger partial charge in [-0.15, -0.1) is 0 Å². The number of fused-ring (bicyclic) bond motifs is 1. The first kappa shape index (κ1) is 13.5. The van der Waals surface area contributed by atoms with E-state index in [0.29, 0.717) is 18.7 Å². The number of rotatable bonds is 1. The summed E-state index contributed by atoms with van der Waals surface area (Å²) in [5, 5.41) is 9.45. The van der Waals surface area contributed by atoms with Crippen LogP contribution in [0.15, 0.2) is 36.4 Å². The fraction of sp³-hybridized carbons (Fsp3) is 0.235. The van der Waals surface area contributed by atoms with E-state index in [2.05, 4.69) is 0 Å². The van der Waals surface area contributed by atoms with E-state index in [0.717, 1.165) is 28.8 Å². The molecule has 2 aromatic carbocycles. The summed E-state index contributed by atoms with van der Waals surface area (Å²) in [6, 6.07) is 10.7. The molecule has 1 amide bonds. The molecule has 0 spiro atoms. The highest BCUT2D eigenvalue weighted by Crippen LogP contribution is 2.26. The SMILES string of the molecule is Cc1cc(O)ccc1C(=O)N1CCc2c(N)cccc2C1. The summed E-state index contributed by atoms with van der Waals surface area (Å²) < 4.78 is 0. The van der Waals surface area contributed by atoms with Crippen molar-refractivity contribution in [3.05, 3.63) is 58.7 Å². The summed E-state index contributed by atoms with van der Waals surface area (Å²) in [5.41, 5.74) is 10.5. The molecule has 0 unspecified atom stereocenters. The Balaban J connectivity index is 1.87. The number of aromatic hydroxyl groups is 1. The lowest BCUT2D eigenvalue weighted by Gasteiger charge is -2.30. The zero-order chi connectivity index (χ0) is 15.0. The minimum absolute atomic E-state index is 0.000532. The summed E-state index contributed by atoms with van der Waals surface area (Å²) in [6.45, 7) is 3.09. The number of nitrogen functional groups attached to an aromatic ring is 1.